The Kier molecular flexibility index (Phi) is 5.16. The second-order valence-electron chi connectivity index (χ2n) is 8.24. The van der Waals surface area contributed by atoms with Gasteiger partial charge in [0.2, 0.25) is 5.91 Å². The number of hydrogen-bond acceptors (Lipinski definition) is 6. The number of rotatable bonds is 6. The van der Waals surface area contributed by atoms with Crippen LogP contribution in [0.15, 0.2) is 24.3 Å². The van der Waals surface area contributed by atoms with E-state index in [1.165, 1.54) is 28.0 Å². The minimum absolute atomic E-state index is 0.0669. The van der Waals surface area contributed by atoms with E-state index in [4.69, 9.17) is 4.98 Å². The molecule has 29 heavy (non-hydrogen) atoms. The number of amides is 1. The summed E-state index contributed by atoms with van der Waals surface area (Å²) in [6, 6.07) is 9.64. The smallest absolute Gasteiger partial charge is 0.226 e. The Morgan fingerprint density at radius 2 is 2.14 bits per heavy atom. The number of aromatic nitrogens is 1. The van der Waals surface area contributed by atoms with E-state index in [9.17, 15) is 4.79 Å². The first-order chi connectivity index (χ1) is 14.1. The standard InChI is InChI=1S/C22H26N4OS2/c1-12(2)23-10-9-18(27)26-22-19(21-25-15-5-3-4-6-17(15)28-21)14-11-13-7-8-16(24-13)20(14)29-22/h3-6,12-13,16,23-24H,7-11H2,1-2H3,(H,26,27). The molecule has 3 N–H and O–H groups in total. The molecule has 5 rings (SSSR count). The molecule has 2 aliphatic rings. The number of fused-ring (bicyclic) bond motifs is 5. The average Bonchev–Trinajstić information content (AvgIpc) is 3.37. The summed E-state index contributed by atoms with van der Waals surface area (Å²) in [6.45, 7) is 4.88. The summed E-state index contributed by atoms with van der Waals surface area (Å²) >= 11 is 3.47. The number of benzene rings is 1. The van der Waals surface area contributed by atoms with E-state index < -0.39 is 0 Å². The van der Waals surface area contributed by atoms with Crippen molar-refractivity contribution in [2.45, 2.75) is 57.7 Å². The molecule has 1 fully saturated rings. The number of carbonyl (C=O) groups is 1. The zero-order valence-electron chi connectivity index (χ0n) is 16.7. The van der Waals surface area contributed by atoms with Crippen LogP contribution in [-0.4, -0.2) is 29.5 Å². The molecule has 2 aliphatic heterocycles. The fraction of sp³-hybridized carbons (Fsp3) is 0.455. The Morgan fingerprint density at radius 3 is 2.97 bits per heavy atom. The van der Waals surface area contributed by atoms with Crippen LogP contribution in [0, 0.1) is 0 Å². The number of carbonyl (C=O) groups excluding carboxylic acids is 1. The summed E-state index contributed by atoms with van der Waals surface area (Å²) in [4.78, 5) is 19.0. The summed E-state index contributed by atoms with van der Waals surface area (Å²) in [6.07, 6.45) is 3.92. The van der Waals surface area contributed by atoms with Gasteiger partial charge in [-0.15, -0.1) is 22.7 Å². The maximum atomic E-state index is 12.6. The number of thiophene rings is 1. The number of nitrogens with zero attached hydrogens (tertiary/aromatic N) is 1. The van der Waals surface area contributed by atoms with Gasteiger partial charge in [-0.05, 0) is 37.0 Å². The predicted octanol–water partition coefficient (Wildman–Crippen LogP) is 4.70. The van der Waals surface area contributed by atoms with E-state index in [1.807, 2.05) is 6.07 Å². The van der Waals surface area contributed by atoms with E-state index in [1.54, 1.807) is 22.7 Å². The second kappa shape index (κ2) is 7.80. The third kappa shape index (κ3) is 3.72. The zero-order valence-corrected chi connectivity index (χ0v) is 18.4. The summed E-state index contributed by atoms with van der Waals surface area (Å²) in [5.41, 5.74) is 3.59. The Hall–Kier alpha value is -1.80. The first kappa shape index (κ1) is 19.2. The van der Waals surface area contributed by atoms with Crippen LogP contribution in [0.1, 0.15) is 49.6 Å². The van der Waals surface area contributed by atoms with Gasteiger partial charge < -0.3 is 16.0 Å². The Labute approximate surface area is 178 Å². The molecule has 1 aromatic carbocycles. The lowest BCUT2D eigenvalue weighted by Gasteiger charge is -2.21. The maximum absolute atomic E-state index is 12.6. The summed E-state index contributed by atoms with van der Waals surface area (Å²) in [5, 5.41) is 12.3. The Bertz CT molecular complexity index is 1020. The van der Waals surface area contributed by atoms with E-state index in [0.29, 0.717) is 31.1 Å². The number of para-hydroxylation sites is 1. The van der Waals surface area contributed by atoms with Gasteiger partial charge in [-0.3, -0.25) is 4.79 Å². The number of hydrogen-bond donors (Lipinski definition) is 3. The quantitative estimate of drug-likeness (QED) is 0.534. The molecule has 2 bridgehead atoms. The van der Waals surface area contributed by atoms with Crippen LogP contribution in [0.2, 0.25) is 0 Å². The number of thiazole rings is 1. The molecule has 2 aromatic heterocycles. The normalized spacial score (nSPS) is 20.4. The first-order valence-electron chi connectivity index (χ1n) is 10.4. The van der Waals surface area contributed by atoms with Crippen molar-refractivity contribution >= 4 is 43.8 Å². The molecule has 4 heterocycles. The van der Waals surface area contributed by atoms with E-state index in [-0.39, 0.29) is 5.91 Å². The molecule has 0 saturated carbocycles. The van der Waals surface area contributed by atoms with Crippen LogP contribution in [-0.2, 0) is 11.2 Å². The van der Waals surface area contributed by atoms with Crippen molar-refractivity contribution in [2.75, 3.05) is 11.9 Å². The molecular formula is C22H26N4OS2. The average molecular weight is 427 g/mol. The van der Waals surface area contributed by atoms with Gasteiger partial charge in [-0.1, -0.05) is 26.0 Å². The molecule has 3 aromatic rings. The van der Waals surface area contributed by atoms with Crippen LogP contribution in [0.3, 0.4) is 0 Å². The monoisotopic (exact) mass is 426 g/mol. The topological polar surface area (TPSA) is 66.0 Å². The minimum Gasteiger partial charge on any atom is -0.317 e. The minimum atomic E-state index is 0.0669. The fourth-order valence-electron chi connectivity index (χ4n) is 4.36. The van der Waals surface area contributed by atoms with Crippen LogP contribution in [0.5, 0.6) is 0 Å². The summed E-state index contributed by atoms with van der Waals surface area (Å²) in [5.74, 6) is 0.0669. The third-order valence-electron chi connectivity index (χ3n) is 5.71. The van der Waals surface area contributed by atoms with Crippen molar-refractivity contribution in [3.8, 4) is 10.6 Å². The van der Waals surface area contributed by atoms with E-state index in [0.717, 1.165) is 27.5 Å². The molecule has 0 spiro atoms. The molecule has 2 unspecified atom stereocenters. The van der Waals surface area contributed by atoms with Crippen LogP contribution in [0.25, 0.3) is 20.8 Å². The SMILES string of the molecule is CC(C)NCCC(=O)Nc1sc2c(c1-c1nc3ccccc3s1)CC1CCC2N1. The van der Waals surface area contributed by atoms with Crippen molar-refractivity contribution in [3.63, 3.8) is 0 Å². The highest BCUT2D eigenvalue weighted by atomic mass is 32.1. The van der Waals surface area contributed by atoms with Gasteiger partial charge in [0, 0.05) is 41.5 Å². The lowest BCUT2D eigenvalue weighted by atomic mass is 9.99. The molecule has 5 nitrogen and oxygen atoms in total. The molecule has 0 radical (unpaired) electrons. The lowest BCUT2D eigenvalue weighted by molar-refractivity contribution is -0.116. The van der Waals surface area contributed by atoms with Crippen molar-refractivity contribution in [1.82, 2.24) is 15.6 Å². The van der Waals surface area contributed by atoms with Crippen LogP contribution < -0.4 is 16.0 Å². The van der Waals surface area contributed by atoms with Crippen molar-refractivity contribution < 1.29 is 4.79 Å². The van der Waals surface area contributed by atoms with Crippen LogP contribution in [0.4, 0.5) is 5.00 Å². The van der Waals surface area contributed by atoms with Crippen molar-refractivity contribution in [2.24, 2.45) is 0 Å². The molecule has 1 saturated heterocycles. The highest BCUT2D eigenvalue weighted by Crippen LogP contribution is 2.50. The predicted molar refractivity (Wildman–Crippen MR) is 122 cm³/mol. The van der Waals surface area contributed by atoms with Gasteiger partial charge in [-0.2, -0.15) is 0 Å². The van der Waals surface area contributed by atoms with Crippen molar-refractivity contribution in [1.29, 1.82) is 0 Å². The third-order valence-corrected chi connectivity index (χ3v) is 8.03. The summed E-state index contributed by atoms with van der Waals surface area (Å²) in [7, 11) is 0. The number of anilines is 1. The van der Waals surface area contributed by atoms with E-state index in [2.05, 4.69) is 48.0 Å². The van der Waals surface area contributed by atoms with Gasteiger partial charge >= 0.3 is 0 Å². The molecule has 152 valence electrons. The van der Waals surface area contributed by atoms with Crippen LogP contribution >= 0.6 is 22.7 Å². The second-order valence-corrected chi connectivity index (χ2v) is 10.3. The highest BCUT2D eigenvalue weighted by molar-refractivity contribution is 7.23. The van der Waals surface area contributed by atoms with Gasteiger partial charge in [0.15, 0.2) is 0 Å². The highest BCUT2D eigenvalue weighted by Gasteiger charge is 2.37. The van der Waals surface area contributed by atoms with Gasteiger partial charge in [0.1, 0.15) is 10.0 Å². The van der Waals surface area contributed by atoms with Gasteiger partial charge in [-0.25, -0.2) is 4.98 Å². The number of nitrogens with one attached hydrogen (secondary N) is 3. The Balaban J connectivity index is 1.51. The lowest BCUT2D eigenvalue weighted by Crippen LogP contribution is -2.30. The maximum Gasteiger partial charge on any atom is 0.226 e. The zero-order chi connectivity index (χ0) is 20.0. The molecule has 2 atom stereocenters. The Morgan fingerprint density at radius 1 is 1.28 bits per heavy atom. The molecule has 1 amide bonds. The first-order valence-corrected chi connectivity index (χ1v) is 12.0. The van der Waals surface area contributed by atoms with Crippen molar-refractivity contribution in [3.05, 3.63) is 34.7 Å². The molecule has 0 aliphatic carbocycles. The van der Waals surface area contributed by atoms with Gasteiger partial charge in [0.25, 0.3) is 0 Å². The fourth-order valence-corrected chi connectivity index (χ4v) is 6.81. The summed E-state index contributed by atoms with van der Waals surface area (Å²) < 4.78 is 1.19. The van der Waals surface area contributed by atoms with Gasteiger partial charge in [0.05, 0.1) is 10.2 Å². The van der Waals surface area contributed by atoms with E-state index >= 15 is 0 Å². The molecule has 7 heteroatoms. The largest absolute Gasteiger partial charge is 0.317 e. The molecular weight excluding hydrogens is 400 g/mol.